The first kappa shape index (κ1) is 16.9. The van der Waals surface area contributed by atoms with Gasteiger partial charge in [-0.25, -0.2) is 4.79 Å². The normalized spacial score (nSPS) is 19.4. The quantitative estimate of drug-likeness (QED) is 0.827. The number of nitrogens with zero attached hydrogens (tertiary/aromatic N) is 2. The molecule has 2 rings (SSSR count). The van der Waals surface area contributed by atoms with Crippen LogP contribution in [0.25, 0.3) is 0 Å². The predicted molar refractivity (Wildman–Crippen MR) is 74.0 cm³/mol. The molecule has 22 heavy (non-hydrogen) atoms. The van der Waals surface area contributed by atoms with Crippen molar-refractivity contribution in [2.75, 3.05) is 13.1 Å². The van der Waals surface area contributed by atoms with Crippen molar-refractivity contribution in [1.29, 1.82) is 0 Å². The number of hydrogen-bond acceptors (Lipinski definition) is 5. The third-order valence-corrected chi connectivity index (χ3v) is 3.57. The number of likely N-dealkylation sites (tertiary alicyclic amines) is 1. The molecule has 1 saturated heterocycles. The van der Waals surface area contributed by atoms with Gasteiger partial charge in [-0.05, 0) is 20.8 Å². The highest BCUT2D eigenvalue weighted by Gasteiger charge is 2.35. The number of ether oxygens (including phenoxy) is 2. The second-order valence-corrected chi connectivity index (χ2v) is 6.77. The van der Waals surface area contributed by atoms with Gasteiger partial charge in [0.2, 0.25) is 0 Å². The standard InChI is InChI=1S/C13H17F3N2O3S/c1-12(2,3)21-11(19)18-5-4-8(6-18)20-10-17-9(7-22-10)13(14,15)16/h7-8H,4-6H2,1-3H3/t8-/m0/s1. The number of hydrogen-bond donors (Lipinski definition) is 0. The van der Waals surface area contributed by atoms with Crippen LogP contribution in [-0.4, -0.2) is 40.8 Å². The Morgan fingerprint density at radius 2 is 2.09 bits per heavy atom. The summed E-state index contributed by atoms with van der Waals surface area (Å²) < 4.78 is 48.0. The molecule has 0 saturated carbocycles. The molecular formula is C13H17F3N2O3S. The Bertz CT molecular complexity index is 539. The number of rotatable bonds is 2. The molecule has 0 radical (unpaired) electrons. The molecule has 9 heteroatoms. The molecule has 1 atom stereocenters. The van der Waals surface area contributed by atoms with E-state index in [-0.39, 0.29) is 17.8 Å². The van der Waals surface area contributed by atoms with E-state index in [0.29, 0.717) is 13.0 Å². The number of thiazole rings is 1. The predicted octanol–water partition coefficient (Wildman–Crippen LogP) is 3.55. The molecule has 5 nitrogen and oxygen atoms in total. The maximum atomic E-state index is 12.5. The van der Waals surface area contributed by atoms with Crippen molar-refractivity contribution in [1.82, 2.24) is 9.88 Å². The minimum atomic E-state index is -4.48. The van der Waals surface area contributed by atoms with Gasteiger partial charge in [0.15, 0.2) is 5.69 Å². The van der Waals surface area contributed by atoms with Crippen LogP contribution in [0.1, 0.15) is 32.9 Å². The summed E-state index contributed by atoms with van der Waals surface area (Å²) in [6.07, 6.45) is -4.77. The van der Waals surface area contributed by atoms with Gasteiger partial charge in [-0.1, -0.05) is 11.3 Å². The van der Waals surface area contributed by atoms with Crippen LogP contribution < -0.4 is 4.74 Å². The zero-order valence-corrected chi connectivity index (χ0v) is 13.3. The summed E-state index contributed by atoms with van der Waals surface area (Å²) in [4.78, 5) is 16.8. The van der Waals surface area contributed by atoms with Crippen molar-refractivity contribution in [2.24, 2.45) is 0 Å². The SMILES string of the molecule is CC(C)(C)OC(=O)N1CC[C@H](Oc2nc(C(F)(F)F)cs2)C1. The summed E-state index contributed by atoms with van der Waals surface area (Å²) in [5, 5.41) is 0.874. The van der Waals surface area contributed by atoms with Gasteiger partial charge in [-0.2, -0.15) is 18.2 Å². The molecule has 1 aromatic rings. The lowest BCUT2D eigenvalue weighted by Crippen LogP contribution is -2.36. The molecule has 1 aliphatic heterocycles. The van der Waals surface area contributed by atoms with Crippen molar-refractivity contribution in [3.8, 4) is 5.19 Å². The summed E-state index contributed by atoms with van der Waals surface area (Å²) in [5.74, 6) is 0. The highest BCUT2D eigenvalue weighted by Crippen LogP contribution is 2.33. The van der Waals surface area contributed by atoms with Crippen molar-refractivity contribution >= 4 is 17.4 Å². The van der Waals surface area contributed by atoms with Gasteiger partial charge >= 0.3 is 12.3 Å². The van der Waals surface area contributed by atoms with Crippen LogP contribution in [-0.2, 0) is 10.9 Å². The molecule has 124 valence electrons. The van der Waals surface area contributed by atoms with Gasteiger partial charge in [0.25, 0.3) is 5.19 Å². The van der Waals surface area contributed by atoms with E-state index in [9.17, 15) is 18.0 Å². The average Bonchev–Trinajstić information content (AvgIpc) is 2.95. The lowest BCUT2D eigenvalue weighted by atomic mass is 10.2. The lowest BCUT2D eigenvalue weighted by molar-refractivity contribution is -0.140. The second-order valence-electron chi connectivity index (χ2n) is 5.95. The third-order valence-electron chi connectivity index (χ3n) is 2.84. The van der Waals surface area contributed by atoms with Crippen LogP contribution >= 0.6 is 11.3 Å². The molecule has 0 unspecified atom stereocenters. The highest BCUT2D eigenvalue weighted by atomic mass is 32.1. The van der Waals surface area contributed by atoms with E-state index in [4.69, 9.17) is 9.47 Å². The highest BCUT2D eigenvalue weighted by molar-refractivity contribution is 7.11. The smallest absolute Gasteiger partial charge is 0.434 e. The average molecular weight is 338 g/mol. The fourth-order valence-electron chi connectivity index (χ4n) is 1.90. The van der Waals surface area contributed by atoms with Crippen molar-refractivity contribution in [2.45, 2.75) is 45.1 Å². The van der Waals surface area contributed by atoms with Crippen molar-refractivity contribution < 1.29 is 27.4 Å². The van der Waals surface area contributed by atoms with Crippen LogP contribution in [0.2, 0.25) is 0 Å². The Balaban J connectivity index is 1.89. The lowest BCUT2D eigenvalue weighted by Gasteiger charge is -2.24. The molecule has 0 aliphatic carbocycles. The van der Waals surface area contributed by atoms with Gasteiger partial charge < -0.3 is 14.4 Å². The summed E-state index contributed by atoms with van der Waals surface area (Å²) in [7, 11) is 0. The van der Waals surface area contributed by atoms with Gasteiger partial charge in [-0.3, -0.25) is 0 Å². The van der Waals surface area contributed by atoms with E-state index < -0.39 is 23.6 Å². The van der Waals surface area contributed by atoms with E-state index in [0.717, 1.165) is 16.7 Å². The van der Waals surface area contributed by atoms with E-state index in [1.54, 1.807) is 20.8 Å². The summed E-state index contributed by atoms with van der Waals surface area (Å²) >= 11 is 0.795. The molecule has 1 aliphatic rings. The molecule has 1 amide bonds. The van der Waals surface area contributed by atoms with Gasteiger partial charge in [-0.15, -0.1) is 0 Å². The number of aromatic nitrogens is 1. The molecule has 1 aromatic heterocycles. The van der Waals surface area contributed by atoms with Crippen LogP contribution in [0.3, 0.4) is 0 Å². The number of halogens is 3. The zero-order valence-electron chi connectivity index (χ0n) is 12.4. The van der Waals surface area contributed by atoms with E-state index in [1.165, 1.54) is 4.90 Å². The number of carbonyl (C=O) groups excluding carboxylic acids is 1. The Hall–Kier alpha value is -1.51. The molecule has 1 fully saturated rings. The second kappa shape index (κ2) is 5.94. The van der Waals surface area contributed by atoms with Gasteiger partial charge in [0.05, 0.1) is 6.54 Å². The Labute approximate surface area is 130 Å². The monoisotopic (exact) mass is 338 g/mol. The van der Waals surface area contributed by atoms with Crippen molar-refractivity contribution in [3.63, 3.8) is 0 Å². The summed E-state index contributed by atoms with van der Waals surface area (Å²) in [6, 6.07) is 0. The molecule has 0 N–H and O–H groups in total. The van der Waals surface area contributed by atoms with Crippen LogP contribution in [0, 0.1) is 0 Å². The van der Waals surface area contributed by atoms with Crippen molar-refractivity contribution in [3.05, 3.63) is 11.1 Å². The summed E-state index contributed by atoms with van der Waals surface area (Å²) in [5.41, 5.74) is -1.55. The Morgan fingerprint density at radius 1 is 1.41 bits per heavy atom. The first-order valence-electron chi connectivity index (χ1n) is 6.72. The van der Waals surface area contributed by atoms with Crippen LogP contribution in [0.5, 0.6) is 5.19 Å². The number of amides is 1. The maximum absolute atomic E-state index is 12.5. The molecular weight excluding hydrogens is 321 g/mol. The van der Waals surface area contributed by atoms with E-state index in [2.05, 4.69) is 4.98 Å². The maximum Gasteiger partial charge on any atom is 0.434 e. The number of alkyl halides is 3. The molecule has 0 spiro atoms. The zero-order chi connectivity index (χ0) is 16.5. The van der Waals surface area contributed by atoms with Gasteiger partial charge in [0, 0.05) is 18.3 Å². The topological polar surface area (TPSA) is 51.7 Å². The number of carbonyl (C=O) groups is 1. The Kier molecular flexibility index (Phi) is 4.55. The minimum Gasteiger partial charge on any atom is -0.465 e. The summed E-state index contributed by atoms with van der Waals surface area (Å²) in [6.45, 7) is 6.02. The van der Waals surface area contributed by atoms with Crippen LogP contribution in [0.15, 0.2) is 5.38 Å². The van der Waals surface area contributed by atoms with E-state index in [1.807, 2.05) is 0 Å². The third kappa shape index (κ3) is 4.49. The van der Waals surface area contributed by atoms with Crippen LogP contribution in [0.4, 0.5) is 18.0 Å². The largest absolute Gasteiger partial charge is 0.465 e. The molecule has 0 bridgehead atoms. The Morgan fingerprint density at radius 3 is 2.64 bits per heavy atom. The molecule has 0 aromatic carbocycles. The first-order chi connectivity index (χ1) is 10.0. The van der Waals surface area contributed by atoms with Gasteiger partial charge in [0.1, 0.15) is 11.7 Å². The first-order valence-corrected chi connectivity index (χ1v) is 7.60. The minimum absolute atomic E-state index is 0.0386. The molecule has 2 heterocycles. The fraction of sp³-hybridized carbons (Fsp3) is 0.692. The van der Waals surface area contributed by atoms with E-state index >= 15 is 0 Å². The fourth-order valence-corrected chi connectivity index (χ4v) is 2.64.